The maximum atomic E-state index is 13.5. The van der Waals surface area contributed by atoms with E-state index in [0.29, 0.717) is 35.1 Å². The number of carbonyl (C=O) groups excluding carboxylic acids is 3. The Morgan fingerprint density at radius 2 is 1.63 bits per heavy atom. The van der Waals surface area contributed by atoms with E-state index in [2.05, 4.69) is 5.32 Å². The van der Waals surface area contributed by atoms with Crippen molar-refractivity contribution in [2.45, 2.75) is 39.0 Å². The first-order chi connectivity index (χ1) is 20.4. The van der Waals surface area contributed by atoms with Gasteiger partial charge in [-0.15, -0.1) is 0 Å². The molecule has 2 amide bonds. The first-order valence-corrected chi connectivity index (χ1v) is 14.1. The van der Waals surface area contributed by atoms with Crippen LogP contribution in [-0.4, -0.2) is 51.5 Å². The molecule has 12 heteroatoms. The lowest BCUT2D eigenvalue weighted by molar-refractivity contribution is -0.149. The molecule has 0 aliphatic carbocycles. The van der Waals surface area contributed by atoms with E-state index in [1.807, 2.05) is 0 Å². The zero-order valence-corrected chi connectivity index (χ0v) is 25.5. The number of carbonyl (C=O) groups is 3. The largest absolute Gasteiger partial charge is 0.461 e. The van der Waals surface area contributed by atoms with Crippen molar-refractivity contribution in [1.29, 1.82) is 0 Å². The van der Waals surface area contributed by atoms with Crippen molar-refractivity contribution >= 4 is 52.4 Å². The molecular formula is C31H30Cl2N4O6. The molecule has 4 rings (SSSR count). The molecule has 4 aromatic rings. The van der Waals surface area contributed by atoms with Gasteiger partial charge in [-0.1, -0.05) is 47.5 Å². The molecule has 0 saturated heterocycles. The number of halogens is 2. The summed E-state index contributed by atoms with van der Waals surface area (Å²) in [6, 6.07) is 15.2. The first-order valence-electron chi connectivity index (χ1n) is 13.4. The number of benzene rings is 3. The summed E-state index contributed by atoms with van der Waals surface area (Å²) in [6.07, 6.45) is 0.321. The highest BCUT2D eigenvalue weighted by atomic mass is 35.5. The number of nitrogens with one attached hydrogen (secondary N) is 1. The van der Waals surface area contributed by atoms with E-state index < -0.39 is 35.3 Å². The van der Waals surface area contributed by atoms with Gasteiger partial charge >= 0.3 is 11.7 Å². The average molecular weight is 626 g/mol. The number of ether oxygens (including phenoxy) is 1. The third kappa shape index (κ3) is 6.98. The highest BCUT2D eigenvalue weighted by Gasteiger charge is 2.26. The number of hydrogen-bond acceptors (Lipinski definition) is 6. The molecule has 1 unspecified atom stereocenters. The second kappa shape index (κ2) is 13.3. The van der Waals surface area contributed by atoms with Crippen molar-refractivity contribution in [1.82, 2.24) is 19.4 Å². The van der Waals surface area contributed by atoms with Crippen LogP contribution in [0.15, 0.2) is 70.3 Å². The van der Waals surface area contributed by atoms with Crippen LogP contribution in [0.1, 0.15) is 35.3 Å². The number of aryl methyl sites for hydroxylation is 1. The molecule has 0 fully saturated rings. The van der Waals surface area contributed by atoms with E-state index >= 15 is 0 Å². The third-order valence-corrected chi connectivity index (χ3v) is 7.34. The number of esters is 1. The lowest BCUT2D eigenvalue weighted by Crippen LogP contribution is -2.44. The number of rotatable bonds is 10. The van der Waals surface area contributed by atoms with Crippen molar-refractivity contribution in [3.63, 3.8) is 0 Å². The van der Waals surface area contributed by atoms with Crippen molar-refractivity contribution in [3.05, 3.63) is 108 Å². The van der Waals surface area contributed by atoms with Crippen LogP contribution in [0, 0.1) is 0 Å². The van der Waals surface area contributed by atoms with Gasteiger partial charge in [-0.3, -0.25) is 19.0 Å². The summed E-state index contributed by atoms with van der Waals surface area (Å²) in [4.78, 5) is 65.2. The predicted octanol–water partition coefficient (Wildman–Crippen LogP) is 3.88. The number of hydrogen-bond donors (Lipinski definition) is 1. The summed E-state index contributed by atoms with van der Waals surface area (Å²) in [5.74, 6) is -1.28. The zero-order chi connectivity index (χ0) is 31.4. The molecule has 0 aliphatic rings. The smallest absolute Gasteiger partial charge is 0.335 e. The van der Waals surface area contributed by atoms with Gasteiger partial charge in [0.05, 0.1) is 38.3 Å². The molecule has 0 radical (unpaired) electrons. The second-order valence-electron chi connectivity index (χ2n) is 10.3. The molecule has 224 valence electrons. The predicted molar refractivity (Wildman–Crippen MR) is 165 cm³/mol. The number of nitrogens with zero attached hydrogens (tertiary/aromatic N) is 3. The summed E-state index contributed by atoms with van der Waals surface area (Å²) in [6.45, 7) is 3.69. The van der Waals surface area contributed by atoms with Gasteiger partial charge in [0.15, 0.2) is 0 Å². The average Bonchev–Trinajstić information content (AvgIpc) is 2.96. The van der Waals surface area contributed by atoms with Crippen LogP contribution in [0.3, 0.4) is 0 Å². The first kappa shape index (κ1) is 31.5. The van der Waals surface area contributed by atoms with Crippen LogP contribution in [0.2, 0.25) is 10.0 Å². The fourth-order valence-electron chi connectivity index (χ4n) is 4.63. The minimum absolute atomic E-state index is 0.0380. The maximum Gasteiger partial charge on any atom is 0.335 e. The van der Waals surface area contributed by atoms with Gasteiger partial charge in [-0.2, -0.15) is 0 Å². The van der Waals surface area contributed by atoms with Crippen LogP contribution >= 0.6 is 23.2 Å². The van der Waals surface area contributed by atoms with Gasteiger partial charge in [0.1, 0.15) is 6.04 Å². The van der Waals surface area contributed by atoms with Gasteiger partial charge in [-0.25, -0.2) is 14.2 Å². The van der Waals surface area contributed by atoms with Gasteiger partial charge in [0.25, 0.3) is 11.5 Å². The lowest BCUT2D eigenvalue weighted by atomic mass is 10.0. The van der Waals surface area contributed by atoms with Crippen molar-refractivity contribution in [2.75, 3.05) is 7.05 Å². The van der Waals surface area contributed by atoms with Gasteiger partial charge < -0.3 is 15.0 Å². The Hall–Kier alpha value is -4.41. The van der Waals surface area contributed by atoms with Gasteiger partial charge in [0.2, 0.25) is 6.41 Å². The van der Waals surface area contributed by atoms with Crippen LogP contribution < -0.4 is 16.6 Å². The van der Waals surface area contributed by atoms with Gasteiger partial charge in [-0.05, 0) is 61.4 Å². The second-order valence-corrected chi connectivity index (χ2v) is 11.1. The maximum absolute atomic E-state index is 13.5. The Morgan fingerprint density at radius 1 is 1.00 bits per heavy atom. The van der Waals surface area contributed by atoms with Crippen LogP contribution in [-0.2, 0) is 34.3 Å². The Balaban J connectivity index is 1.66. The highest BCUT2D eigenvalue weighted by Crippen LogP contribution is 2.24. The summed E-state index contributed by atoms with van der Waals surface area (Å²) >= 11 is 12.4. The fourth-order valence-corrected chi connectivity index (χ4v) is 5.20. The van der Waals surface area contributed by atoms with E-state index in [-0.39, 0.29) is 22.0 Å². The van der Waals surface area contributed by atoms with E-state index in [1.54, 1.807) is 76.5 Å². The molecule has 43 heavy (non-hydrogen) atoms. The topological polar surface area (TPSA) is 120 Å². The van der Waals surface area contributed by atoms with E-state index in [0.717, 1.165) is 10.1 Å². The lowest BCUT2D eigenvalue weighted by Gasteiger charge is -2.20. The molecule has 1 heterocycles. The summed E-state index contributed by atoms with van der Waals surface area (Å²) in [5, 5.41) is 3.26. The van der Waals surface area contributed by atoms with Gasteiger partial charge in [0, 0.05) is 27.1 Å². The van der Waals surface area contributed by atoms with Crippen molar-refractivity contribution < 1.29 is 19.1 Å². The van der Waals surface area contributed by atoms with Crippen LogP contribution in [0.25, 0.3) is 16.6 Å². The Labute approximate surface area is 257 Å². The molecule has 1 atom stereocenters. The Morgan fingerprint density at radius 3 is 2.23 bits per heavy atom. The highest BCUT2D eigenvalue weighted by molar-refractivity contribution is 6.39. The van der Waals surface area contributed by atoms with Crippen LogP contribution in [0.4, 0.5) is 0 Å². The molecule has 1 N–H and O–H groups in total. The molecule has 0 saturated carbocycles. The zero-order valence-electron chi connectivity index (χ0n) is 24.0. The van der Waals surface area contributed by atoms with E-state index in [4.69, 9.17) is 27.9 Å². The summed E-state index contributed by atoms with van der Waals surface area (Å²) < 4.78 is 7.81. The number of aromatic nitrogens is 2. The normalized spacial score (nSPS) is 11.8. The summed E-state index contributed by atoms with van der Waals surface area (Å²) in [7, 11) is 3.20. The minimum Gasteiger partial charge on any atom is -0.461 e. The minimum atomic E-state index is -1.08. The molecular weight excluding hydrogens is 595 g/mol. The van der Waals surface area contributed by atoms with E-state index in [9.17, 15) is 24.0 Å². The van der Waals surface area contributed by atoms with Crippen molar-refractivity contribution in [3.8, 4) is 5.69 Å². The Bertz CT molecular complexity index is 1790. The fraction of sp³-hybridized carbons (Fsp3) is 0.258. The molecule has 3 aromatic carbocycles. The van der Waals surface area contributed by atoms with Crippen molar-refractivity contribution in [2.24, 2.45) is 7.05 Å². The quantitative estimate of drug-likeness (QED) is 0.211. The number of amides is 2. The standard InChI is InChI=1S/C31H30Cl2N4O6/c1-18(2)43-30(41)25(34-28(39)27-23(32)6-5-7-24(27)33)15-19-8-11-21(12-9-19)37-29(40)22-14-20(16-35(3)17-38)10-13-26(22)36(4)31(37)42/h5-14,17-18,25H,15-16H2,1-4H3,(H,34,39). The molecule has 0 aliphatic heterocycles. The van der Waals surface area contributed by atoms with Crippen LogP contribution in [0.5, 0.6) is 0 Å². The van der Waals surface area contributed by atoms with E-state index in [1.165, 1.54) is 21.6 Å². The molecule has 0 spiro atoms. The molecule has 1 aromatic heterocycles. The third-order valence-electron chi connectivity index (χ3n) is 6.71. The number of fused-ring (bicyclic) bond motifs is 1. The molecule has 10 nitrogen and oxygen atoms in total. The summed E-state index contributed by atoms with van der Waals surface area (Å²) in [5.41, 5.74) is 1.13. The monoisotopic (exact) mass is 624 g/mol. The SMILES string of the molecule is CC(C)OC(=O)C(Cc1ccc(-n2c(=O)c3cc(CN(C)C=O)ccc3n(C)c2=O)cc1)NC(=O)c1c(Cl)cccc1Cl. The Kier molecular flexibility index (Phi) is 9.73. The molecule has 0 bridgehead atoms.